The monoisotopic (exact) mass is 98.1 g/mol. The fourth-order valence-electron chi connectivity index (χ4n) is 0.386. The van der Waals surface area contributed by atoms with Gasteiger partial charge in [0.1, 0.15) is 7.05 Å². The van der Waals surface area contributed by atoms with E-state index < -0.39 is 0 Å². The molecule has 0 fully saturated rings. The summed E-state index contributed by atoms with van der Waals surface area (Å²) in [5, 5.41) is 0. The fraction of sp³-hybridized carbons (Fsp3) is 0.500. The molecule has 1 aromatic heterocycles. The van der Waals surface area contributed by atoms with E-state index in [2.05, 4.69) is 4.98 Å². The van der Waals surface area contributed by atoms with E-state index in [4.69, 9.17) is 0 Å². The molecule has 0 bridgehead atoms. The van der Waals surface area contributed by atoms with Crippen LogP contribution in [0.2, 0.25) is 0 Å². The van der Waals surface area contributed by atoms with E-state index >= 15 is 0 Å². The minimum atomic E-state index is 1.75. The van der Waals surface area contributed by atoms with Gasteiger partial charge in [0.25, 0.3) is 0 Å². The summed E-state index contributed by atoms with van der Waals surface area (Å²) in [4.78, 5) is 3.85. The van der Waals surface area contributed by atoms with Crippen LogP contribution in [0.5, 0.6) is 0 Å². The van der Waals surface area contributed by atoms with Gasteiger partial charge in [-0.25, -0.2) is 0 Å². The van der Waals surface area contributed by atoms with Gasteiger partial charge < -0.3 is 0 Å². The Labute approximate surface area is 42.2 Å². The molecule has 1 aromatic rings. The van der Waals surface area contributed by atoms with Crippen LogP contribution in [-0.2, 0) is 14.1 Å². The van der Waals surface area contributed by atoms with Gasteiger partial charge in [-0.15, -0.1) is 0 Å². The van der Waals surface area contributed by atoms with Crippen LogP contribution in [0, 0.1) is 0 Å². The Morgan fingerprint density at radius 3 is 2.57 bits per heavy atom. The highest BCUT2D eigenvalue weighted by Crippen LogP contribution is 1.61. The first-order valence-corrected chi connectivity index (χ1v) is 2.13. The smallest absolute Gasteiger partial charge is 0.184 e. The average Bonchev–Trinajstić information content (AvgIpc) is 1.91. The van der Waals surface area contributed by atoms with Crippen LogP contribution in [0.1, 0.15) is 0 Å². The summed E-state index contributed by atoms with van der Waals surface area (Å²) in [6.07, 6.45) is 3.50. The van der Waals surface area contributed by atoms with E-state index in [-0.39, 0.29) is 0 Å². The van der Waals surface area contributed by atoms with Crippen LogP contribution in [-0.4, -0.2) is 9.67 Å². The van der Waals surface area contributed by atoms with Gasteiger partial charge >= 0.3 is 6.33 Å². The Morgan fingerprint density at radius 1 is 1.71 bits per heavy atom. The first-order chi connectivity index (χ1) is 3.30. The summed E-state index contributed by atoms with van der Waals surface area (Å²) in [7, 11) is 3.88. The third-order valence-electron chi connectivity index (χ3n) is 0.965. The van der Waals surface area contributed by atoms with Gasteiger partial charge in [-0.3, -0.25) is 0 Å². The number of hydrogen-bond donors (Lipinski definition) is 0. The van der Waals surface area contributed by atoms with Crippen molar-refractivity contribution in [3.05, 3.63) is 12.7 Å². The van der Waals surface area contributed by atoms with E-state index in [1.165, 1.54) is 0 Å². The second kappa shape index (κ2) is 1.33. The fourth-order valence-corrected chi connectivity index (χ4v) is 0.386. The van der Waals surface area contributed by atoms with Crippen LogP contribution in [0.4, 0.5) is 0 Å². The lowest BCUT2D eigenvalue weighted by molar-refractivity contribution is -0.752. The molecule has 0 amide bonds. The zero-order chi connectivity index (χ0) is 5.28. The predicted octanol–water partition coefficient (Wildman–Crippen LogP) is -0.755. The summed E-state index contributed by atoms with van der Waals surface area (Å²) in [6, 6.07) is 0. The zero-order valence-corrected chi connectivity index (χ0v) is 4.50. The maximum Gasteiger partial charge on any atom is 0.306 e. The third-order valence-corrected chi connectivity index (χ3v) is 0.965. The van der Waals surface area contributed by atoms with Crippen LogP contribution in [0.15, 0.2) is 12.7 Å². The summed E-state index contributed by atoms with van der Waals surface area (Å²) < 4.78 is 3.78. The van der Waals surface area contributed by atoms with Gasteiger partial charge in [0.15, 0.2) is 0 Å². The number of nitrogens with zero attached hydrogens (tertiary/aromatic N) is 3. The van der Waals surface area contributed by atoms with E-state index in [0.29, 0.717) is 0 Å². The van der Waals surface area contributed by atoms with E-state index in [1.807, 2.05) is 23.5 Å². The second-order valence-electron chi connectivity index (χ2n) is 1.53. The van der Waals surface area contributed by atoms with Gasteiger partial charge in [-0.05, 0) is 4.98 Å². The molecule has 0 spiro atoms. The molecule has 0 unspecified atom stereocenters. The molecule has 0 radical (unpaired) electrons. The number of aryl methyl sites for hydroxylation is 2. The van der Waals surface area contributed by atoms with Crippen molar-refractivity contribution >= 4 is 0 Å². The standard InChI is InChI=1S/C4H8N3/c1-6-3-5-4-7(6)2/h3-4H,1-2H3/q+1. The molecule has 0 aliphatic carbocycles. The van der Waals surface area contributed by atoms with Gasteiger partial charge in [0.05, 0.1) is 7.05 Å². The van der Waals surface area contributed by atoms with E-state index in [1.54, 1.807) is 12.7 Å². The lowest BCUT2D eigenvalue weighted by Crippen LogP contribution is -2.35. The molecule has 0 atom stereocenters. The Morgan fingerprint density at radius 2 is 2.43 bits per heavy atom. The van der Waals surface area contributed by atoms with Crippen LogP contribution in [0.25, 0.3) is 0 Å². The van der Waals surface area contributed by atoms with Gasteiger partial charge in [0.2, 0.25) is 6.33 Å². The van der Waals surface area contributed by atoms with Crippen LogP contribution in [0.3, 0.4) is 0 Å². The predicted molar refractivity (Wildman–Crippen MR) is 24.4 cm³/mol. The lowest BCUT2D eigenvalue weighted by atomic mass is 11.2. The maximum atomic E-state index is 3.85. The van der Waals surface area contributed by atoms with Crippen molar-refractivity contribution in [3.63, 3.8) is 0 Å². The quantitative estimate of drug-likeness (QED) is 0.391. The van der Waals surface area contributed by atoms with Crippen molar-refractivity contribution in [2.75, 3.05) is 0 Å². The highest BCUT2D eigenvalue weighted by Gasteiger charge is 1.91. The van der Waals surface area contributed by atoms with Crippen LogP contribution < -0.4 is 4.68 Å². The largest absolute Gasteiger partial charge is 0.306 e. The second-order valence-corrected chi connectivity index (χ2v) is 1.53. The summed E-state index contributed by atoms with van der Waals surface area (Å²) in [6.45, 7) is 0. The SMILES string of the molecule is Cn1cnc[n+]1C. The highest BCUT2D eigenvalue weighted by atomic mass is 15.4. The summed E-state index contributed by atoms with van der Waals surface area (Å²) in [5.74, 6) is 0. The molecule has 0 aliphatic heterocycles. The number of rotatable bonds is 0. The minimum absolute atomic E-state index is 1.75. The maximum absolute atomic E-state index is 3.85. The molecule has 0 saturated heterocycles. The van der Waals surface area contributed by atoms with Crippen molar-refractivity contribution in [1.29, 1.82) is 0 Å². The first-order valence-electron chi connectivity index (χ1n) is 2.13. The molecular formula is C4H8N3+. The molecule has 1 heterocycles. The van der Waals surface area contributed by atoms with Crippen molar-refractivity contribution < 1.29 is 4.68 Å². The molecule has 3 heteroatoms. The van der Waals surface area contributed by atoms with Crippen molar-refractivity contribution in [3.8, 4) is 0 Å². The van der Waals surface area contributed by atoms with E-state index in [9.17, 15) is 0 Å². The molecule has 7 heavy (non-hydrogen) atoms. The van der Waals surface area contributed by atoms with Crippen molar-refractivity contribution in [2.24, 2.45) is 14.1 Å². The molecule has 38 valence electrons. The first kappa shape index (κ1) is 4.30. The Bertz CT molecular complexity index is 139. The number of hydrogen-bond acceptors (Lipinski definition) is 1. The van der Waals surface area contributed by atoms with Gasteiger partial charge in [0, 0.05) is 0 Å². The molecular weight excluding hydrogens is 90.1 g/mol. The summed E-state index contributed by atoms with van der Waals surface area (Å²) >= 11 is 0. The molecule has 3 nitrogen and oxygen atoms in total. The average molecular weight is 98.1 g/mol. The van der Waals surface area contributed by atoms with Crippen LogP contribution >= 0.6 is 0 Å². The van der Waals surface area contributed by atoms with Crippen molar-refractivity contribution in [1.82, 2.24) is 9.67 Å². The topological polar surface area (TPSA) is 21.7 Å². The molecule has 1 rings (SSSR count). The minimum Gasteiger partial charge on any atom is -0.184 e. The van der Waals surface area contributed by atoms with Crippen molar-refractivity contribution in [2.45, 2.75) is 0 Å². The zero-order valence-electron chi connectivity index (χ0n) is 4.50. The molecule has 0 aliphatic rings. The normalized spacial score (nSPS) is 9.43. The molecule has 0 aromatic carbocycles. The number of aromatic nitrogens is 3. The summed E-state index contributed by atoms with van der Waals surface area (Å²) in [5.41, 5.74) is 0. The lowest BCUT2D eigenvalue weighted by Gasteiger charge is -1.83. The highest BCUT2D eigenvalue weighted by molar-refractivity contribution is 4.39. The molecule has 0 N–H and O–H groups in total. The molecule has 0 saturated carbocycles. The Kier molecular flexibility index (Phi) is 0.817. The van der Waals surface area contributed by atoms with E-state index in [0.717, 1.165) is 0 Å². The van der Waals surface area contributed by atoms with Gasteiger partial charge in [-0.1, -0.05) is 0 Å². The Balaban J connectivity index is 3.12. The Hall–Kier alpha value is -0.860. The third kappa shape index (κ3) is 0.607. The van der Waals surface area contributed by atoms with Gasteiger partial charge in [-0.2, -0.15) is 9.36 Å².